The van der Waals surface area contributed by atoms with Gasteiger partial charge in [-0.3, -0.25) is 4.79 Å². The molecule has 0 atom stereocenters. The van der Waals surface area contributed by atoms with Crippen LogP contribution in [0.5, 0.6) is 0 Å². The Kier molecular flexibility index (Phi) is 14.0. The summed E-state index contributed by atoms with van der Waals surface area (Å²) in [6.45, 7) is 6.91. The van der Waals surface area contributed by atoms with Crippen molar-refractivity contribution in [3.05, 3.63) is 24.4 Å². The van der Waals surface area contributed by atoms with Gasteiger partial charge in [-0.1, -0.05) is 12.2 Å². The van der Waals surface area contributed by atoms with Gasteiger partial charge in [0.2, 0.25) is 0 Å². The number of hydrogen-bond donors (Lipinski definition) is 1. The largest absolute Gasteiger partial charge is 0.481 e. The number of allylic oxidation sites excluding steroid dienone is 2. The average molecular weight is 301 g/mol. The van der Waals surface area contributed by atoms with Crippen LogP contribution < -0.4 is 0 Å². The van der Waals surface area contributed by atoms with Gasteiger partial charge in [-0.05, 0) is 19.2 Å². The standard InChI is InChI=1S/C9H15NO.C6H12O4/c1-2-11-9-8-10-6-4-3-5-7-10;1-9-4-5-10-3-2-6(7)8/h3-6H,2,7-9H2,1H3;2-5H2,1H3,(H,7,8). The van der Waals surface area contributed by atoms with Crippen molar-refractivity contribution in [2.45, 2.75) is 13.3 Å². The molecule has 6 heteroatoms. The molecule has 6 nitrogen and oxygen atoms in total. The van der Waals surface area contributed by atoms with Crippen LogP contribution in [0.2, 0.25) is 0 Å². The summed E-state index contributed by atoms with van der Waals surface area (Å²) in [5.74, 6) is -0.836. The van der Waals surface area contributed by atoms with Crippen LogP contribution in [0.4, 0.5) is 0 Å². The van der Waals surface area contributed by atoms with Crippen LogP contribution in [0.15, 0.2) is 24.4 Å². The monoisotopic (exact) mass is 301 g/mol. The van der Waals surface area contributed by atoms with Gasteiger partial charge in [0, 0.05) is 26.8 Å². The van der Waals surface area contributed by atoms with Gasteiger partial charge >= 0.3 is 5.97 Å². The van der Waals surface area contributed by atoms with Crippen LogP contribution in [0, 0.1) is 0 Å². The highest BCUT2D eigenvalue weighted by atomic mass is 16.5. The van der Waals surface area contributed by atoms with Gasteiger partial charge in [-0.25, -0.2) is 0 Å². The molecule has 1 rings (SSSR count). The zero-order valence-corrected chi connectivity index (χ0v) is 13.0. The fourth-order valence-corrected chi connectivity index (χ4v) is 1.40. The zero-order valence-electron chi connectivity index (χ0n) is 13.0. The lowest BCUT2D eigenvalue weighted by atomic mass is 10.3. The van der Waals surface area contributed by atoms with Crippen LogP contribution in [-0.2, 0) is 19.0 Å². The lowest BCUT2D eigenvalue weighted by molar-refractivity contribution is -0.138. The molecule has 1 N–H and O–H groups in total. The third-order valence-corrected chi connectivity index (χ3v) is 2.50. The molecule has 0 fully saturated rings. The van der Waals surface area contributed by atoms with E-state index in [9.17, 15) is 4.79 Å². The van der Waals surface area contributed by atoms with Gasteiger partial charge in [0.15, 0.2) is 0 Å². The third kappa shape index (κ3) is 14.8. The number of carboxylic acid groups (broad SMARTS) is 1. The smallest absolute Gasteiger partial charge is 0.305 e. The summed E-state index contributed by atoms with van der Waals surface area (Å²) in [7, 11) is 1.57. The molecule has 0 amide bonds. The minimum absolute atomic E-state index is 0.0592. The van der Waals surface area contributed by atoms with Crippen LogP contribution in [-0.4, -0.2) is 69.2 Å². The van der Waals surface area contributed by atoms with Crippen molar-refractivity contribution in [3.8, 4) is 0 Å². The Morgan fingerprint density at radius 1 is 1.19 bits per heavy atom. The topological polar surface area (TPSA) is 68.2 Å². The molecule has 0 saturated carbocycles. The first-order valence-electron chi connectivity index (χ1n) is 7.14. The minimum atomic E-state index is -0.836. The first kappa shape index (κ1) is 19.6. The van der Waals surface area contributed by atoms with E-state index in [2.05, 4.69) is 34.1 Å². The first-order valence-corrected chi connectivity index (χ1v) is 7.14. The highest BCUT2D eigenvalue weighted by Gasteiger charge is 1.97. The maximum atomic E-state index is 9.92. The number of methoxy groups -OCH3 is 1. The highest BCUT2D eigenvalue weighted by Crippen LogP contribution is 1.97. The van der Waals surface area contributed by atoms with Gasteiger partial charge in [-0.2, -0.15) is 0 Å². The van der Waals surface area contributed by atoms with Crippen molar-refractivity contribution in [2.75, 3.05) is 53.2 Å². The minimum Gasteiger partial charge on any atom is -0.481 e. The number of rotatable bonds is 10. The second kappa shape index (κ2) is 15.0. The molecular formula is C15H27NO5. The zero-order chi connectivity index (χ0) is 15.8. The Labute approximate surface area is 127 Å². The van der Waals surface area contributed by atoms with Gasteiger partial charge in [0.25, 0.3) is 0 Å². The molecule has 21 heavy (non-hydrogen) atoms. The Bertz CT molecular complexity index is 304. The quantitative estimate of drug-likeness (QED) is 0.617. The molecule has 0 aromatic carbocycles. The summed E-state index contributed by atoms with van der Waals surface area (Å²) in [5, 5.41) is 8.16. The summed E-state index contributed by atoms with van der Waals surface area (Å²) >= 11 is 0. The van der Waals surface area contributed by atoms with Crippen LogP contribution in [0.25, 0.3) is 0 Å². The predicted molar refractivity (Wildman–Crippen MR) is 81.3 cm³/mol. The molecule has 0 spiro atoms. The molecule has 0 bridgehead atoms. The van der Waals surface area contributed by atoms with Gasteiger partial charge in [0.1, 0.15) is 0 Å². The molecule has 1 aliphatic heterocycles. The summed E-state index contributed by atoms with van der Waals surface area (Å²) in [4.78, 5) is 12.2. The van der Waals surface area contributed by atoms with E-state index in [1.54, 1.807) is 7.11 Å². The summed E-state index contributed by atoms with van der Waals surface area (Å²) in [6, 6.07) is 0. The van der Waals surface area contributed by atoms with E-state index in [0.29, 0.717) is 13.2 Å². The van der Waals surface area contributed by atoms with Crippen molar-refractivity contribution in [1.82, 2.24) is 4.90 Å². The van der Waals surface area contributed by atoms with Crippen molar-refractivity contribution >= 4 is 5.97 Å². The Morgan fingerprint density at radius 3 is 2.57 bits per heavy atom. The van der Waals surface area contributed by atoms with Crippen LogP contribution in [0.3, 0.4) is 0 Å². The Morgan fingerprint density at radius 2 is 2.00 bits per heavy atom. The third-order valence-electron chi connectivity index (χ3n) is 2.50. The van der Waals surface area contributed by atoms with Crippen molar-refractivity contribution in [3.63, 3.8) is 0 Å². The molecule has 1 aliphatic rings. The normalized spacial score (nSPS) is 13.0. The summed E-state index contributed by atoms with van der Waals surface area (Å²) in [5.41, 5.74) is 0. The van der Waals surface area contributed by atoms with Crippen molar-refractivity contribution < 1.29 is 24.1 Å². The maximum absolute atomic E-state index is 9.92. The van der Waals surface area contributed by atoms with Gasteiger partial charge < -0.3 is 24.2 Å². The van der Waals surface area contributed by atoms with Gasteiger partial charge in [0.05, 0.1) is 32.8 Å². The predicted octanol–water partition coefficient (Wildman–Crippen LogP) is 1.53. The van der Waals surface area contributed by atoms with E-state index in [1.165, 1.54) is 0 Å². The lowest BCUT2D eigenvalue weighted by Gasteiger charge is -2.19. The first-order chi connectivity index (χ1) is 10.2. The highest BCUT2D eigenvalue weighted by molar-refractivity contribution is 5.66. The molecule has 0 unspecified atom stereocenters. The molecule has 0 aromatic rings. The van der Waals surface area contributed by atoms with E-state index in [4.69, 9.17) is 14.6 Å². The van der Waals surface area contributed by atoms with E-state index in [0.717, 1.165) is 26.3 Å². The van der Waals surface area contributed by atoms with E-state index < -0.39 is 5.97 Å². The van der Waals surface area contributed by atoms with Crippen LogP contribution in [0.1, 0.15) is 13.3 Å². The summed E-state index contributed by atoms with van der Waals surface area (Å²) in [6.07, 6.45) is 8.42. The Balaban J connectivity index is 0.000000384. The molecule has 122 valence electrons. The molecular weight excluding hydrogens is 274 g/mol. The SMILES string of the molecule is CCOCCN1C=CC=CC1.COCCOCCC(=O)O. The van der Waals surface area contributed by atoms with Crippen LogP contribution >= 0.6 is 0 Å². The van der Waals surface area contributed by atoms with E-state index >= 15 is 0 Å². The number of nitrogens with zero attached hydrogens (tertiary/aromatic N) is 1. The fourth-order valence-electron chi connectivity index (χ4n) is 1.40. The molecule has 1 heterocycles. The number of hydrogen-bond acceptors (Lipinski definition) is 5. The Hall–Kier alpha value is -1.37. The van der Waals surface area contributed by atoms with Crippen molar-refractivity contribution in [2.24, 2.45) is 0 Å². The molecule has 0 saturated heterocycles. The fraction of sp³-hybridized carbons (Fsp3) is 0.667. The number of ether oxygens (including phenoxy) is 3. The van der Waals surface area contributed by atoms with E-state index in [-0.39, 0.29) is 13.0 Å². The maximum Gasteiger partial charge on any atom is 0.305 e. The second-order valence-corrected chi connectivity index (χ2v) is 4.21. The molecule has 0 aromatic heterocycles. The van der Waals surface area contributed by atoms with Gasteiger partial charge in [-0.15, -0.1) is 0 Å². The molecule has 0 radical (unpaired) electrons. The number of carboxylic acids is 1. The lowest BCUT2D eigenvalue weighted by Crippen LogP contribution is -2.23. The van der Waals surface area contributed by atoms with E-state index in [1.807, 2.05) is 6.92 Å². The molecule has 0 aliphatic carbocycles. The number of aliphatic carboxylic acids is 1. The second-order valence-electron chi connectivity index (χ2n) is 4.21. The van der Waals surface area contributed by atoms with Crippen molar-refractivity contribution in [1.29, 1.82) is 0 Å². The summed E-state index contributed by atoms with van der Waals surface area (Å²) < 4.78 is 14.8. The number of carbonyl (C=O) groups is 1. The average Bonchev–Trinajstić information content (AvgIpc) is 2.49.